The van der Waals surface area contributed by atoms with Gasteiger partial charge in [0.15, 0.2) is 0 Å². The molecule has 2 fully saturated rings. The molecule has 2 nitrogen and oxygen atoms in total. The highest BCUT2D eigenvalue weighted by molar-refractivity contribution is 5.75. The number of imidazole rings is 1. The summed E-state index contributed by atoms with van der Waals surface area (Å²) in [6.07, 6.45) is 10.0. The lowest BCUT2D eigenvalue weighted by atomic mass is 9.83. The number of rotatable bonds is 3. The minimum absolute atomic E-state index is 0.614. The lowest BCUT2D eigenvalue weighted by molar-refractivity contribution is 0.588. The van der Waals surface area contributed by atoms with E-state index in [1.165, 1.54) is 66.6 Å². The van der Waals surface area contributed by atoms with Crippen molar-refractivity contribution in [3.63, 3.8) is 0 Å². The average molecular weight is 383 g/mol. The first-order chi connectivity index (χ1) is 14.2. The fourth-order valence-corrected chi connectivity index (χ4v) is 6.46. The van der Waals surface area contributed by atoms with Crippen molar-refractivity contribution in [2.75, 3.05) is 0 Å². The van der Waals surface area contributed by atoms with E-state index in [0.29, 0.717) is 5.92 Å². The summed E-state index contributed by atoms with van der Waals surface area (Å²) in [5.41, 5.74) is 10.1. The van der Waals surface area contributed by atoms with Gasteiger partial charge in [-0.15, -0.1) is 0 Å². The van der Waals surface area contributed by atoms with E-state index in [0.717, 1.165) is 23.4 Å². The van der Waals surface area contributed by atoms with Crippen LogP contribution >= 0.6 is 0 Å². The summed E-state index contributed by atoms with van der Waals surface area (Å²) in [6.45, 7) is 4.66. The molecule has 3 aliphatic rings. The SMILES string of the molecule is Cc1ccc(-c2ccc(-c3cnc([C@@H]4CC[C@H](C)C4)[nH]3)cc2)c2c1C1CCC2C1. The topological polar surface area (TPSA) is 28.7 Å². The molecule has 0 amide bonds. The van der Waals surface area contributed by atoms with Gasteiger partial charge < -0.3 is 4.98 Å². The molecule has 2 heteroatoms. The van der Waals surface area contributed by atoms with Crippen LogP contribution in [0.3, 0.4) is 0 Å². The Balaban J connectivity index is 1.31. The summed E-state index contributed by atoms with van der Waals surface area (Å²) in [4.78, 5) is 8.33. The second-order valence-corrected chi connectivity index (χ2v) is 9.84. The van der Waals surface area contributed by atoms with Crippen molar-refractivity contribution in [1.82, 2.24) is 9.97 Å². The Morgan fingerprint density at radius 1 is 0.793 bits per heavy atom. The highest BCUT2D eigenvalue weighted by Crippen LogP contribution is 2.56. The first kappa shape index (κ1) is 17.5. The first-order valence-corrected chi connectivity index (χ1v) is 11.5. The van der Waals surface area contributed by atoms with Crippen LogP contribution in [0.2, 0.25) is 0 Å². The maximum atomic E-state index is 4.72. The predicted molar refractivity (Wildman–Crippen MR) is 119 cm³/mol. The first-order valence-electron chi connectivity index (χ1n) is 11.5. The summed E-state index contributed by atoms with van der Waals surface area (Å²) in [6, 6.07) is 13.9. The highest BCUT2D eigenvalue weighted by atomic mass is 14.9. The maximum Gasteiger partial charge on any atom is 0.109 e. The molecule has 1 aromatic heterocycles. The van der Waals surface area contributed by atoms with Crippen molar-refractivity contribution in [2.24, 2.45) is 5.92 Å². The number of benzene rings is 2. The zero-order valence-electron chi connectivity index (χ0n) is 17.5. The van der Waals surface area contributed by atoms with Gasteiger partial charge in [0.25, 0.3) is 0 Å². The Bertz CT molecular complexity index is 1060. The van der Waals surface area contributed by atoms with Crippen LogP contribution < -0.4 is 0 Å². The van der Waals surface area contributed by atoms with Crippen molar-refractivity contribution in [1.29, 1.82) is 0 Å². The summed E-state index contributed by atoms with van der Waals surface area (Å²) < 4.78 is 0. The number of nitrogens with one attached hydrogen (secondary N) is 1. The molecule has 3 aliphatic carbocycles. The molecule has 2 unspecified atom stereocenters. The molecule has 1 heterocycles. The van der Waals surface area contributed by atoms with E-state index in [1.54, 1.807) is 11.1 Å². The molecule has 0 spiro atoms. The molecule has 1 N–H and O–H groups in total. The van der Waals surface area contributed by atoms with Crippen LogP contribution in [-0.2, 0) is 0 Å². The minimum Gasteiger partial charge on any atom is -0.342 e. The molecule has 0 radical (unpaired) electrons. The second-order valence-electron chi connectivity index (χ2n) is 9.84. The van der Waals surface area contributed by atoms with Gasteiger partial charge >= 0.3 is 0 Å². The normalized spacial score (nSPS) is 27.5. The van der Waals surface area contributed by atoms with Gasteiger partial charge in [0.2, 0.25) is 0 Å². The van der Waals surface area contributed by atoms with E-state index < -0.39 is 0 Å². The van der Waals surface area contributed by atoms with Crippen molar-refractivity contribution in [3.8, 4) is 22.4 Å². The van der Waals surface area contributed by atoms with Crippen molar-refractivity contribution >= 4 is 0 Å². The van der Waals surface area contributed by atoms with Crippen LogP contribution in [0.15, 0.2) is 42.6 Å². The van der Waals surface area contributed by atoms with Crippen molar-refractivity contribution < 1.29 is 0 Å². The second kappa shape index (κ2) is 6.58. The molecule has 2 saturated carbocycles. The molecule has 3 aromatic rings. The third-order valence-electron chi connectivity index (χ3n) is 7.94. The lowest BCUT2D eigenvalue weighted by Gasteiger charge is -2.21. The number of fused-ring (bicyclic) bond motifs is 5. The standard InChI is InChI=1S/C27H30N2/c1-16-3-5-22(13-16)27-28-15-24(29-27)19-8-6-18(7-9-19)23-12-4-17(2)25-20-10-11-21(14-20)26(23)25/h4,6-9,12,15-16,20-22H,3,5,10-11,13-14H2,1-2H3,(H,28,29)/t16-,20?,21?,22+/m0/s1. The summed E-state index contributed by atoms with van der Waals surface area (Å²) >= 11 is 0. The van der Waals surface area contributed by atoms with Gasteiger partial charge in [-0.05, 0) is 96.6 Å². The monoisotopic (exact) mass is 382 g/mol. The summed E-state index contributed by atoms with van der Waals surface area (Å²) in [5.74, 6) is 4.23. The number of H-pyrrole nitrogens is 1. The third kappa shape index (κ3) is 2.79. The number of aromatic amines is 1. The smallest absolute Gasteiger partial charge is 0.109 e. The van der Waals surface area contributed by atoms with Gasteiger partial charge in [-0.1, -0.05) is 43.3 Å². The molecule has 29 heavy (non-hydrogen) atoms. The van der Waals surface area contributed by atoms with Crippen LogP contribution in [0, 0.1) is 12.8 Å². The third-order valence-corrected chi connectivity index (χ3v) is 7.94. The van der Waals surface area contributed by atoms with Crippen LogP contribution in [-0.4, -0.2) is 9.97 Å². The van der Waals surface area contributed by atoms with Crippen molar-refractivity contribution in [2.45, 2.75) is 70.1 Å². The van der Waals surface area contributed by atoms with Crippen LogP contribution in [0.1, 0.15) is 85.7 Å². The van der Waals surface area contributed by atoms with E-state index >= 15 is 0 Å². The van der Waals surface area contributed by atoms with Crippen LogP contribution in [0.5, 0.6) is 0 Å². The predicted octanol–water partition coefficient (Wildman–Crippen LogP) is 7.32. The van der Waals surface area contributed by atoms with Gasteiger partial charge in [0.05, 0.1) is 11.9 Å². The van der Waals surface area contributed by atoms with Crippen LogP contribution in [0.4, 0.5) is 0 Å². The molecule has 0 saturated heterocycles. The van der Waals surface area contributed by atoms with Crippen LogP contribution in [0.25, 0.3) is 22.4 Å². The molecule has 6 rings (SSSR count). The Hall–Kier alpha value is -2.35. The Morgan fingerprint density at radius 3 is 2.28 bits per heavy atom. The zero-order valence-corrected chi connectivity index (χ0v) is 17.5. The van der Waals surface area contributed by atoms with Gasteiger partial charge in [-0.2, -0.15) is 0 Å². The Morgan fingerprint density at radius 2 is 1.52 bits per heavy atom. The number of aryl methyl sites for hydroxylation is 1. The molecule has 2 bridgehead atoms. The number of nitrogens with zero attached hydrogens (tertiary/aromatic N) is 1. The van der Waals surface area contributed by atoms with E-state index in [9.17, 15) is 0 Å². The molecule has 0 aliphatic heterocycles. The molecular weight excluding hydrogens is 352 g/mol. The van der Waals surface area contributed by atoms with Crippen molar-refractivity contribution in [3.05, 3.63) is 65.1 Å². The fraction of sp³-hybridized carbons (Fsp3) is 0.444. The highest BCUT2D eigenvalue weighted by Gasteiger charge is 2.39. The average Bonchev–Trinajstić information content (AvgIpc) is 3.52. The number of hydrogen-bond acceptors (Lipinski definition) is 1. The summed E-state index contributed by atoms with van der Waals surface area (Å²) in [5, 5.41) is 0. The van der Waals surface area contributed by atoms with E-state index in [1.807, 2.05) is 6.20 Å². The van der Waals surface area contributed by atoms with E-state index in [2.05, 4.69) is 55.2 Å². The molecule has 148 valence electrons. The Labute approximate surface area is 173 Å². The maximum absolute atomic E-state index is 4.72. The number of aromatic nitrogens is 2. The quantitative estimate of drug-likeness (QED) is 0.505. The van der Waals surface area contributed by atoms with Gasteiger partial charge in [0, 0.05) is 5.92 Å². The minimum atomic E-state index is 0.614. The molecule has 2 aromatic carbocycles. The largest absolute Gasteiger partial charge is 0.342 e. The van der Waals surface area contributed by atoms with E-state index in [-0.39, 0.29) is 0 Å². The Kier molecular flexibility index (Phi) is 3.97. The summed E-state index contributed by atoms with van der Waals surface area (Å²) in [7, 11) is 0. The van der Waals surface area contributed by atoms with Gasteiger partial charge in [-0.25, -0.2) is 4.98 Å². The van der Waals surface area contributed by atoms with Gasteiger partial charge in [-0.3, -0.25) is 0 Å². The fourth-order valence-electron chi connectivity index (χ4n) is 6.46. The molecule has 4 atom stereocenters. The zero-order chi connectivity index (χ0) is 19.5. The number of hydrogen-bond donors (Lipinski definition) is 1. The van der Waals surface area contributed by atoms with Gasteiger partial charge in [0.1, 0.15) is 5.82 Å². The lowest BCUT2D eigenvalue weighted by Crippen LogP contribution is -2.02. The van der Waals surface area contributed by atoms with E-state index in [4.69, 9.17) is 4.98 Å². The molecular formula is C27H30N2.